The monoisotopic (exact) mass is 1130 g/mol. The molecule has 1 unspecified atom stereocenters. The number of ether oxygens (including phenoxy) is 3. The van der Waals surface area contributed by atoms with E-state index in [-0.39, 0.29) is 31.1 Å². The Morgan fingerprint density at radius 1 is 0.259 bits per heavy atom. The maximum Gasteiger partial charge on any atom is 0.306 e. The summed E-state index contributed by atoms with van der Waals surface area (Å²) in [7, 11) is 0. The van der Waals surface area contributed by atoms with Gasteiger partial charge < -0.3 is 14.2 Å². The van der Waals surface area contributed by atoms with Gasteiger partial charge >= 0.3 is 17.9 Å². The number of unbranched alkanes of at least 4 members (excludes halogenated alkanes) is 39. The second-order valence-electron chi connectivity index (χ2n) is 23.4. The van der Waals surface area contributed by atoms with Gasteiger partial charge in [-0.25, -0.2) is 0 Å². The lowest BCUT2D eigenvalue weighted by Gasteiger charge is -2.18. The summed E-state index contributed by atoms with van der Waals surface area (Å²) in [6, 6.07) is 0. The maximum atomic E-state index is 13.0. The van der Waals surface area contributed by atoms with Crippen molar-refractivity contribution in [3.63, 3.8) is 0 Å². The van der Waals surface area contributed by atoms with Crippen LogP contribution in [-0.4, -0.2) is 37.2 Å². The van der Waals surface area contributed by atoms with Crippen molar-refractivity contribution in [2.24, 2.45) is 0 Å². The van der Waals surface area contributed by atoms with Crippen molar-refractivity contribution in [2.45, 2.75) is 361 Å². The van der Waals surface area contributed by atoms with Gasteiger partial charge in [-0.15, -0.1) is 0 Å². The second kappa shape index (κ2) is 69.1. The van der Waals surface area contributed by atoms with Crippen LogP contribution >= 0.6 is 0 Å². The average Bonchev–Trinajstić information content (AvgIpc) is 3.46. The first-order valence-electron chi connectivity index (χ1n) is 35.1. The number of hydrogen-bond donors (Lipinski definition) is 0. The Morgan fingerprint density at radius 3 is 0.778 bits per heavy atom. The summed E-state index contributed by atoms with van der Waals surface area (Å²) in [4.78, 5) is 38.4. The summed E-state index contributed by atoms with van der Waals surface area (Å²) >= 11 is 0. The van der Waals surface area contributed by atoms with Crippen LogP contribution in [0.5, 0.6) is 0 Å². The third-order valence-corrected chi connectivity index (χ3v) is 15.4. The molecule has 6 heteroatoms. The molecule has 0 aliphatic rings. The SMILES string of the molecule is CC/C=C\C/C=C\C/C=C\C/C=C\C/C=C\C/C=C\CCCCCCCCCCC(=O)OCC(COC(=O)CCCCCCC/C=C\CCCCCC)OC(=O)CCCCCCCCCCCCCCCCCCCCCCCCC. The predicted molar refractivity (Wildman–Crippen MR) is 353 cm³/mol. The number of hydrogen-bond acceptors (Lipinski definition) is 6. The minimum atomic E-state index is -0.783. The third kappa shape index (κ3) is 67.3. The van der Waals surface area contributed by atoms with Gasteiger partial charge in [-0.1, -0.05) is 324 Å². The van der Waals surface area contributed by atoms with E-state index in [0.717, 1.165) is 109 Å². The lowest BCUT2D eigenvalue weighted by Crippen LogP contribution is -2.30. The van der Waals surface area contributed by atoms with E-state index in [4.69, 9.17) is 14.2 Å². The fourth-order valence-electron chi connectivity index (χ4n) is 10.2. The smallest absolute Gasteiger partial charge is 0.306 e. The molecule has 0 N–H and O–H groups in total. The van der Waals surface area contributed by atoms with Gasteiger partial charge in [-0.3, -0.25) is 14.4 Å². The minimum Gasteiger partial charge on any atom is -0.462 e. The highest BCUT2D eigenvalue weighted by Crippen LogP contribution is 2.18. The lowest BCUT2D eigenvalue weighted by atomic mass is 10.0. The summed E-state index contributed by atoms with van der Waals surface area (Å²) in [6.45, 7) is 6.55. The molecule has 0 aromatic heterocycles. The van der Waals surface area contributed by atoms with Crippen LogP contribution in [-0.2, 0) is 28.6 Å². The summed E-state index contributed by atoms with van der Waals surface area (Å²) < 4.78 is 17.0. The number of esters is 3. The Hall–Kier alpha value is -3.41. The zero-order valence-electron chi connectivity index (χ0n) is 53.8. The van der Waals surface area contributed by atoms with Crippen molar-refractivity contribution < 1.29 is 28.6 Å². The first kappa shape index (κ1) is 77.6. The van der Waals surface area contributed by atoms with Crippen molar-refractivity contribution in [1.82, 2.24) is 0 Å². The summed E-state index contributed by atoms with van der Waals surface area (Å²) in [6.07, 6.45) is 91.8. The molecule has 0 aromatic carbocycles. The van der Waals surface area contributed by atoms with Crippen molar-refractivity contribution >= 4 is 17.9 Å². The highest BCUT2D eigenvalue weighted by molar-refractivity contribution is 5.71. The van der Waals surface area contributed by atoms with Crippen LogP contribution in [0, 0.1) is 0 Å². The highest BCUT2D eigenvalue weighted by Gasteiger charge is 2.19. The Labute approximate surface area is 503 Å². The van der Waals surface area contributed by atoms with E-state index in [1.165, 1.54) is 205 Å². The van der Waals surface area contributed by atoms with Crippen LogP contribution in [0.3, 0.4) is 0 Å². The second-order valence-corrected chi connectivity index (χ2v) is 23.4. The van der Waals surface area contributed by atoms with E-state index in [9.17, 15) is 14.4 Å². The molecule has 1 atom stereocenters. The molecular weight excluding hydrogens is 997 g/mol. The molecule has 81 heavy (non-hydrogen) atoms. The van der Waals surface area contributed by atoms with Gasteiger partial charge in [-0.2, -0.15) is 0 Å². The van der Waals surface area contributed by atoms with Gasteiger partial charge in [-0.05, 0) is 96.3 Å². The van der Waals surface area contributed by atoms with Crippen LogP contribution in [0.1, 0.15) is 355 Å². The molecule has 0 saturated heterocycles. The molecule has 0 fully saturated rings. The molecule has 0 rings (SSSR count). The molecule has 6 nitrogen and oxygen atoms in total. The Kier molecular flexibility index (Phi) is 66.2. The Bertz CT molecular complexity index is 1530. The molecule has 0 heterocycles. The molecule has 0 radical (unpaired) electrons. The van der Waals surface area contributed by atoms with Crippen LogP contribution in [0.4, 0.5) is 0 Å². The van der Waals surface area contributed by atoms with Gasteiger partial charge in [0, 0.05) is 19.3 Å². The van der Waals surface area contributed by atoms with Crippen molar-refractivity contribution in [1.29, 1.82) is 0 Å². The van der Waals surface area contributed by atoms with Crippen molar-refractivity contribution in [3.8, 4) is 0 Å². The van der Waals surface area contributed by atoms with E-state index in [2.05, 4.69) is 106 Å². The van der Waals surface area contributed by atoms with Crippen LogP contribution in [0.25, 0.3) is 0 Å². The van der Waals surface area contributed by atoms with E-state index in [1.54, 1.807) is 0 Å². The van der Waals surface area contributed by atoms with Crippen molar-refractivity contribution in [3.05, 3.63) is 85.1 Å². The Balaban J connectivity index is 4.29. The molecule has 0 aromatic rings. The van der Waals surface area contributed by atoms with E-state index in [0.29, 0.717) is 19.3 Å². The van der Waals surface area contributed by atoms with Gasteiger partial charge in [0.2, 0.25) is 0 Å². The van der Waals surface area contributed by atoms with Gasteiger partial charge in [0.15, 0.2) is 6.10 Å². The fourth-order valence-corrected chi connectivity index (χ4v) is 10.2. The minimum absolute atomic E-state index is 0.0799. The normalized spacial score (nSPS) is 12.6. The number of allylic oxidation sites excluding steroid dienone is 14. The predicted octanol–water partition coefficient (Wildman–Crippen LogP) is 24.2. The summed E-state index contributed by atoms with van der Waals surface area (Å²) in [5.41, 5.74) is 0. The zero-order valence-corrected chi connectivity index (χ0v) is 53.8. The molecular formula is C75H132O6. The van der Waals surface area contributed by atoms with Gasteiger partial charge in [0.1, 0.15) is 13.2 Å². The molecule has 0 bridgehead atoms. The van der Waals surface area contributed by atoms with E-state index < -0.39 is 6.10 Å². The first-order chi connectivity index (χ1) is 40.0. The molecule has 0 spiro atoms. The number of carbonyl (C=O) groups excluding carboxylic acids is 3. The quantitative estimate of drug-likeness (QED) is 0.0261. The van der Waals surface area contributed by atoms with Crippen molar-refractivity contribution in [2.75, 3.05) is 13.2 Å². The summed E-state index contributed by atoms with van der Waals surface area (Å²) in [5.74, 6) is -0.877. The van der Waals surface area contributed by atoms with Gasteiger partial charge in [0.05, 0.1) is 0 Å². The average molecular weight is 1130 g/mol. The standard InChI is InChI=1S/C75H132O6/c1-4-7-10-13-16-19-22-25-27-29-31-33-35-36-37-38-40-41-43-45-47-50-53-56-59-62-65-68-74(77)80-71-72(70-79-73(76)67-64-61-58-55-52-49-24-21-18-15-12-9-6-3)81-75(78)69-66-63-60-57-54-51-48-46-44-42-39-34-32-30-28-26-23-20-17-14-11-8-5-2/h7,10,16,19,21,24-25,27,31,33,36-37,40-41,72H,4-6,8-9,11-15,17-18,20,22-23,26,28-30,32,34-35,38-39,42-71H2,1-3H3/b10-7-,19-16-,24-21-,27-25-,33-31-,37-36-,41-40-. The summed E-state index contributed by atoms with van der Waals surface area (Å²) in [5, 5.41) is 0. The van der Waals surface area contributed by atoms with E-state index in [1.807, 2.05) is 0 Å². The third-order valence-electron chi connectivity index (χ3n) is 15.4. The Morgan fingerprint density at radius 2 is 0.481 bits per heavy atom. The van der Waals surface area contributed by atoms with E-state index >= 15 is 0 Å². The molecule has 468 valence electrons. The largest absolute Gasteiger partial charge is 0.462 e. The topological polar surface area (TPSA) is 78.9 Å². The molecule has 0 aliphatic heterocycles. The molecule has 0 aliphatic carbocycles. The first-order valence-corrected chi connectivity index (χ1v) is 35.1. The molecule has 0 amide bonds. The van der Waals surface area contributed by atoms with Crippen LogP contribution in [0.15, 0.2) is 85.1 Å². The number of carbonyl (C=O) groups is 3. The fraction of sp³-hybridized carbons (Fsp3) is 0.773. The van der Waals surface area contributed by atoms with Crippen LogP contribution in [0.2, 0.25) is 0 Å². The van der Waals surface area contributed by atoms with Gasteiger partial charge in [0.25, 0.3) is 0 Å². The highest BCUT2D eigenvalue weighted by atomic mass is 16.6. The zero-order chi connectivity index (χ0) is 58.5. The number of rotatable bonds is 64. The lowest BCUT2D eigenvalue weighted by molar-refractivity contribution is -0.167. The van der Waals surface area contributed by atoms with Crippen LogP contribution < -0.4 is 0 Å². The maximum absolute atomic E-state index is 13.0. The molecule has 0 saturated carbocycles.